The SMILES string of the molecule is CC(C)(O)C#Cc1ccc(I)cc1. The number of halogens is 1. The first-order valence-corrected chi connectivity index (χ1v) is 5.06. The Labute approximate surface area is 92.3 Å². The number of benzene rings is 1. The second kappa shape index (κ2) is 4.12. The van der Waals surface area contributed by atoms with E-state index < -0.39 is 5.60 Å². The van der Waals surface area contributed by atoms with Crippen LogP contribution in [0.25, 0.3) is 0 Å². The molecular weight excluding hydrogens is 275 g/mol. The third-order valence-corrected chi connectivity index (χ3v) is 2.08. The van der Waals surface area contributed by atoms with Gasteiger partial charge in [0.15, 0.2) is 0 Å². The van der Waals surface area contributed by atoms with Gasteiger partial charge in [-0.05, 0) is 60.7 Å². The number of aliphatic hydroxyl groups is 1. The van der Waals surface area contributed by atoms with Gasteiger partial charge in [0, 0.05) is 9.13 Å². The minimum absolute atomic E-state index is 0.914. The molecule has 0 radical (unpaired) electrons. The van der Waals surface area contributed by atoms with Crippen LogP contribution in [0.2, 0.25) is 0 Å². The monoisotopic (exact) mass is 286 g/mol. The number of hydrogen-bond acceptors (Lipinski definition) is 1. The molecule has 2 heteroatoms. The summed E-state index contributed by atoms with van der Waals surface area (Å²) in [5.74, 6) is 5.67. The predicted molar refractivity (Wildman–Crippen MR) is 62.3 cm³/mol. The average molecular weight is 286 g/mol. The maximum absolute atomic E-state index is 9.36. The molecular formula is C11H11IO. The summed E-state index contributed by atoms with van der Waals surface area (Å²) in [7, 11) is 0. The molecule has 68 valence electrons. The second-order valence-corrected chi connectivity index (χ2v) is 4.56. The summed E-state index contributed by atoms with van der Waals surface area (Å²) in [6.45, 7) is 3.35. The molecule has 0 atom stereocenters. The van der Waals surface area contributed by atoms with Crippen molar-refractivity contribution in [1.29, 1.82) is 0 Å². The van der Waals surface area contributed by atoms with Gasteiger partial charge in [0.2, 0.25) is 0 Å². The van der Waals surface area contributed by atoms with Gasteiger partial charge in [-0.3, -0.25) is 0 Å². The first kappa shape index (κ1) is 10.6. The summed E-state index contributed by atoms with van der Waals surface area (Å²) in [4.78, 5) is 0. The van der Waals surface area contributed by atoms with Crippen LogP contribution in [-0.2, 0) is 0 Å². The molecule has 0 aliphatic carbocycles. The normalized spacial score (nSPS) is 10.5. The van der Waals surface area contributed by atoms with Gasteiger partial charge in [-0.1, -0.05) is 11.8 Å². The highest BCUT2D eigenvalue weighted by Gasteiger charge is 2.05. The first-order valence-electron chi connectivity index (χ1n) is 3.98. The van der Waals surface area contributed by atoms with E-state index in [1.165, 1.54) is 3.57 Å². The molecule has 1 aromatic rings. The van der Waals surface area contributed by atoms with Crippen LogP contribution in [0.4, 0.5) is 0 Å². The Balaban J connectivity index is 2.85. The molecule has 0 unspecified atom stereocenters. The summed E-state index contributed by atoms with van der Waals surface area (Å²) < 4.78 is 1.19. The Morgan fingerprint density at radius 2 is 1.77 bits per heavy atom. The lowest BCUT2D eigenvalue weighted by molar-refractivity contribution is 0.143. The van der Waals surface area contributed by atoms with Crippen LogP contribution in [-0.4, -0.2) is 10.7 Å². The molecule has 1 nitrogen and oxygen atoms in total. The van der Waals surface area contributed by atoms with E-state index in [9.17, 15) is 5.11 Å². The zero-order chi connectivity index (χ0) is 9.90. The highest BCUT2D eigenvalue weighted by atomic mass is 127. The average Bonchev–Trinajstić information content (AvgIpc) is 2.02. The highest BCUT2D eigenvalue weighted by Crippen LogP contribution is 2.06. The van der Waals surface area contributed by atoms with E-state index in [0.29, 0.717) is 0 Å². The van der Waals surface area contributed by atoms with E-state index in [1.54, 1.807) is 13.8 Å². The highest BCUT2D eigenvalue weighted by molar-refractivity contribution is 14.1. The van der Waals surface area contributed by atoms with Gasteiger partial charge in [0.25, 0.3) is 0 Å². The Morgan fingerprint density at radius 3 is 2.23 bits per heavy atom. The quantitative estimate of drug-likeness (QED) is 0.573. The minimum atomic E-state index is -0.914. The van der Waals surface area contributed by atoms with Crippen molar-refractivity contribution in [3.05, 3.63) is 33.4 Å². The van der Waals surface area contributed by atoms with Crippen molar-refractivity contribution >= 4 is 22.6 Å². The Bertz CT molecular complexity index is 335. The maximum Gasteiger partial charge on any atom is 0.120 e. The number of rotatable bonds is 0. The largest absolute Gasteiger partial charge is 0.378 e. The summed E-state index contributed by atoms with van der Waals surface area (Å²) in [6, 6.07) is 7.88. The van der Waals surface area contributed by atoms with E-state index in [0.717, 1.165) is 5.56 Å². The van der Waals surface area contributed by atoms with E-state index in [4.69, 9.17) is 0 Å². The third-order valence-electron chi connectivity index (χ3n) is 1.36. The van der Waals surface area contributed by atoms with E-state index >= 15 is 0 Å². The van der Waals surface area contributed by atoms with Gasteiger partial charge in [0.05, 0.1) is 0 Å². The van der Waals surface area contributed by atoms with Crippen molar-refractivity contribution in [2.45, 2.75) is 19.4 Å². The molecule has 0 saturated carbocycles. The standard InChI is InChI=1S/C11H11IO/c1-11(2,13)8-7-9-3-5-10(12)6-4-9/h3-6,13H,1-2H3. The smallest absolute Gasteiger partial charge is 0.120 e. The molecule has 0 bridgehead atoms. The van der Waals surface area contributed by atoms with Gasteiger partial charge in [-0.2, -0.15) is 0 Å². The minimum Gasteiger partial charge on any atom is -0.378 e. The molecule has 0 aliphatic heterocycles. The van der Waals surface area contributed by atoms with Crippen molar-refractivity contribution in [1.82, 2.24) is 0 Å². The van der Waals surface area contributed by atoms with Gasteiger partial charge >= 0.3 is 0 Å². The van der Waals surface area contributed by atoms with Crippen LogP contribution >= 0.6 is 22.6 Å². The molecule has 0 fully saturated rings. The Morgan fingerprint density at radius 1 is 1.23 bits per heavy atom. The fourth-order valence-electron chi connectivity index (χ4n) is 0.758. The fourth-order valence-corrected chi connectivity index (χ4v) is 1.12. The van der Waals surface area contributed by atoms with Crippen molar-refractivity contribution in [3.8, 4) is 11.8 Å². The van der Waals surface area contributed by atoms with Crippen molar-refractivity contribution < 1.29 is 5.11 Å². The van der Waals surface area contributed by atoms with E-state index in [-0.39, 0.29) is 0 Å². The fraction of sp³-hybridized carbons (Fsp3) is 0.273. The molecule has 0 heterocycles. The number of hydrogen-bond donors (Lipinski definition) is 1. The van der Waals surface area contributed by atoms with Crippen LogP contribution in [0.1, 0.15) is 19.4 Å². The van der Waals surface area contributed by atoms with Crippen LogP contribution in [0, 0.1) is 15.4 Å². The first-order chi connectivity index (χ1) is 5.97. The predicted octanol–water partition coefficient (Wildman–Crippen LogP) is 2.41. The maximum atomic E-state index is 9.36. The molecule has 13 heavy (non-hydrogen) atoms. The lowest BCUT2D eigenvalue weighted by atomic mass is 10.1. The molecule has 0 saturated heterocycles. The zero-order valence-corrected chi connectivity index (χ0v) is 9.79. The molecule has 1 aromatic carbocycles. The molecule has 1 rings (SSSR count). The van der Waals surface area contributed by atoms with Crippen LogP contribution in [0.5, 0.6) is 0 Å². The van der Waals surface area contributed by atoms with Gasteiger partial charge in [-0.25, -0.2) is 0 Å². The molecule has 0 spiro atoms. The lowest BCUT2D eigenvalue weighted by Gasteiger charge is -2.05. The van der Waals surface area contributed by atoms with E-state index in [2.05, 4.69) is 34.4 Å². The second-order valence-electron chi connectivity index (χ2n) is 3.32. The van der Waals surface area contributed by atoms with Gasteiger partial charge < -0.3 is 5.11 Å². The third kappa shape index (κ3) is 4.30. The Hall–Kier alpha value is -0.530. The van der Waals surface area contributed by atoms with Crippen LogP contribution in [0.15, 0.2) is 24.3 Å². The summed E-state index contributed by atoms with van der Waals surface area (Å²) in [6.07, 6.45) is 0. The molecule has 0 amide bonds. The molecule has 1 N–H and O–H groups in total. The van der Waals surface area contributed by atoms with Crippen LogP contribution < -0.4 is 0 Å². The summed E-state index contributed by atoms with van der Waals surface area (Å²) in [5.41, 5.74) is 0.0192. The summed E-state index contributed by atoms with van der Waals surface area (Å²) >= 11 is 2.24. The lowest BCUT2D eigenvalue weighted by Crippen LogP contribution is -2.14. The Kier molecular flexibility index (Phi) is 3.34. The van der Waals surface area contributed by atoms with Gasteiger partial charge in [-0.15, -0.1) is 0 Å². The van der Waals surface area contributed by atoms with Gasteiger partial charge in [0.1, 0.15) is 5.60 Å². The zero-order valence-electron chi connectivity index (χ0n) is 7.63. The van der Waals surface area contributed by atoms with Crippen LogP contribution in [0.3, 0.4) is 0 Å². The summed E-state index contributed by atoms with van der Waals surface area (Å²) in [5, 5.41) is 9.36. The topological polar surface area (TPSA) is 20.2 Å². The van der Waals surface area contributed by atoms with E-state index in [1.807, 2.05) is 24.3 Å². The molecule has 0 aromatic heterocycles. The van der Waals surface area contributed by atoms with Crippen molar-refractivity contribution in [2.24, 2.45) is 0 Å². The van der Waals surface area contributed by atoms with Crippen molar-refractivity contribution in [3.63, 3.8) is 0 Å². The van der Waals surface area contributed by atoms with Crippen molar-refractivity contribution in [2.75, 3.05) is 0 Å². The molecule has 0 aliphatic rings.